The Hall–Kier alpha value is -1.13. The Balaban J connectivity index is 1.98. The van der Waals surface area contributed by atoms with Crippen LogP contribution in [0, 0.1) is 5.82 Å². The molecule has 21 heavy (non-hydrogen) atoms. The van der Waals surface area contributed by atoms with E-state index in [0.29, 0.717) is 5.75 Å². The van der Waals surface area contributed by atoms with Crippen molar-refractivity contribution in [3.8, 4) is 5.75 Å². The van der Waals surface area contributed by atoms with Gasteiger partial charge in [0.2, 0.25) is 0 Å². The molecule has 0 aromatic heterocycles. The summed E-state index contributed by atoms with van der Waals surface area (Å²) in [6.07, 6.45) is 4.88. The summed E-state index contributed by atoms with van der Waals surface area (Å²) in [6, 6.07) is 4.59. The smallest absolute Gasteiger partial charge is 0.124 e. The maximum Gasteiger partial charge on any atom is 0.124 e. The van der Waals surface area contributed by atoms with Gasteiger partial charge in [0.05, 0.1) is 19.3 Å². The normalized spacial score (nSPS) is 24.8. The Morgan fingerprint density at radius 1 is 1.43 bits per heavy atom. The van der Waals surface area contributed by atoms with Crippen molar-refractivity contribution in [2.75, 3.05) is 7.11 Å². The minimum Gasteiger partial charge on any atom is -0.496 e. The van der Waals surface area contributed by atoms with Crippen molar-refractivity contribution in [3.63, 3.8) is 0 Å². The second-order valence-electron chi connectivity index (χ2n) is 6.26. The lowest BCUT2D eigenvalue weighted by Crippen LogP contribution is -2.36. The molecule has 1 heterocycles. The third-order valence-electron chi connectivity index (χ3n) is 4.49. The monoisotopic (exact) mass is 295 g/mol. The number of benzene rings is 1. The highest BCUT2D eigenvalue weighted by Gasteiger charge is 2.30. The highest BCUT2D eigenvalue weighted by molar-refractivity contribution is 5.36. The zero-order valence-corrected chi connectivity index (χ0v) is 13.2. The summed E-state index contributed by atoms with van der Waals surface area (Å²) in [4.78, 5) is 0. The second-order valence-corrected chi connectivity index (χ2v) is 6.26. The number of halogens is 1. The summed E-state index contributed by atoms with van der Waals surface area (Å²) in [5.74, 6) is 0.442. The molecular formula is C17H26FNO2. The molecule has 3 nitrogen and oxygen atoms in total. The molecule has 0 amide bonds. The van der Waals surface area contributed by atoms with Gasteiger partial charge in [0.25, 0.3) is 0 Å². The molecule has 1 fully saturated rings. The first-order valence-electron chi connectivity index (χ1n) is 7.73. The lowest BCUT2D eigenvalue weighted by atomic mass is 9.92. The molecular weight excluding hydrogens is 269 g/mol. The summed E-state index contributed by atoms with van der Waals surface area (Å²) in [7, 11) is 1.60. The van der Waals surface area contributed by atoms with Gasteiger partial charge >= 0.3 is 0 Å². The van der Waals surface area contributed by atoms with Gasteiger partial charge in [-0.1, -0.05) is 6.92 Å². The van der Waals surface area contributed by atoms with Crippen LogP contribution >= 0.6 is 0 Å². The summed E-state index contributed by atoms with van der Waals surface area (Å²) in [5, 5.41) is 0. The van der Waals surface area contributed by atoms with Crippen LogP contribution in [0.5, 0.6) is 5.75 Å². The largest absolute Gasteiger partial charge is 0.496 e. The maximum atomic E-state index is 13.5. The molecule has 0 bridgehead atoms. The average Bonchev–Trinajstić information content (AvgIpc) is 2.94. The molecule has 4 heteroatoms. The van der Waals surface area contributed by atoms with Gasteiger partial charge in [0.1, 0.15) is 11.6 Å². The summed E-state index contributed by atoms with van der Waals surface area (Å²) >= 11 is 0. The Morgan fingerprint density at radius 3 is 2.86 bits per heavy atom. The van der Waals surface area contributed by atoms with E-state index in [1.165, 1.54) is 12.1 Å². The molecule has 118 valence electrons. The Bertz CT molecular complexity index is 476. The van der Waals surface area contributed by atoms with Crippen molar-refractivity contribution in [3.05, 3.63) is 29.6 Å². The number of methoxy groups -OCH3 is 1. The first kappa shape index (κ1) is 16.2. The second kappa shape index (κ2) is 6.75. The van der Waals surface area contributed by atoms with Gasteiger partial charge in [0, 0.05) is 11.1 Å². The predicted octanol–water partition coefficient (Wildman–Crippen LogP) is 3.96. The van der Waals surface area contributed by atoms with E-state index in [1.807, 2.05) is 0 Å². The van der Waals surface area contributed by atoms with Crippen molar-refractivity contribution in [2.24, 2.45) is 5.73 Å². The molecule has 1 saturated heterocycles. The highest BCUT2D eigenvalue weighted by atomic mass is 19.1. The van der Waals surface area contributed by atoms with Crippen molar-refractivity contribution in [1.29, 1.82) is 0 Å². The van der Waals surface area contributed by atoms with E-state index in [2.05, 4.69) is 13.8 Å². The molecule has 1 aliphatic rings. The van der Waals surface area contributed by atoms with E-state index < -0.39 is 0 Å². The molecule has 2 unspecified atom stereocenters. The molecule has 2 N–H and O–H groups in total. The fraction of sp³-hybridized carbons (Fsp3) is 0.647. The van der Waals surface area contributed by atoms with E-state index in [0.717, 1.165) is 37.7 Å². The van der Waals surface area contributed by atoms with Gasteiger partial charge in [-0.25, -0.2) is 4.39 Å². The zero-order valence-electron chi connectivity index (χ0n) is 13.2. The van der Waals surface area contributed by atoms with E-state index in [1.54, 1.807) is 13.2 Å². The first-order chi connectivity index (χ1) is 9.95. The average molecular weight is 295 g/mol. The molecule has 3 atom stereocenters. The van der Waals surface area contributed by atoms with E-state index in [9.17, 15) is 4.39 Å². The van der Waals surface area contributed by atoms with Crippen LogP contribution in [-0.4, -0.2) is 18.8 Å². The maximum absolute atomic E-state index is 13.5. The Morgan fingerprint density at radius 2 is 2.19 bits per heavy atom. The summed E-state index contributed by atoms with van der Waals surface area (Å²) < 4.78 is 24.9. The number of hydrogen-bond donors (Lipinski definition) is 1. The molecule has 2 rings (SSSR count). The SMILES string of the molecule is CCC(C)(N)CC[C@@H]1CCC(c2cc(F)ccc2OC)O1. The van der Waals surface area contributed by atoms with Crippen LogP contribution in [0.2, 0.25) is 0 Å². The van der Waals surface area contributed by atoms with Gasteiger partial charge in [-0.3, -0.25) is 0 Å². The fourth-order valence-electron chi connectivity index (χ4n) is 2.77. The number of ether oxygens (including phenoxy) is 2. The predicted molar refractivity (Wildman–Crippen MR) is 81.9 cm³/mol. The Kier molecular flexibility index (Phi) is 5.22. The molecule has 0 aliphatic carbocycles. The Labute approximate surface area is 126 Å². The lowest BCUT2D eigenvalue weighted by molar-refractivity contribution is 0.0342. The summed E-state index contributed by atoms with van der Waals surface area (Å²) in [5.41, 5.74) is 6.86. The van der Waals surface area contributed by atoms with Crippen LogP contribution in [0.1, 0.15) is 57.6 Å². The standard InChI is InChI=1S/C17H26FNO2/c1-4-17(2,19)10-9-13-6-8-16(21-13)14-11-12(18)5-7-15(14)20-3/h5,7,11,13,16H,4,6,8-10,19H2,1-3H3/t13-,16?,17?/m0/s1. The minimum absolute atomic E-state index is 0.0775. The van der Waals surface area contributed by atoms with E-state index in [4.69, 9.17) is 15.2 Å². The van der Waals surface area contributed by atoms with Gasteiger partial charge in [-0.15, -0.1) is 0 Å². The molecule has 1 aromatic rings. The third kappa shape index (κ3) is 4.17. The van der Waals surface area contributed by atoms with Crippen LogP contribution in [0.4, 0.5) is 4.39 Å². The highest BCUT2D eigenvalue weighted by Crippen LogP contribution is 2.39. The van der Waals surface area contributed by atoms with Crippen LogP contribution in [0.3, 0.4) is 0 Å². The number of rotatable bonds is 6. The van der Waals surface area contributed by atoms with Gasteiger partial charge in [-0.05, 0) is 57.2 Å². The van der Waals surface area contributed by atoms with Crippen molar-refractivity contribution < 1.29 is 13.9 Å². The summed E-state index contributed by atoms with van der Waals surface area (Å²) in [6.45, 7) is 4.19. The van der Waals surface area contributed by atoms with Crippen molar-refractivity contribution in [2.45, 2.75) is 63.7 Å². The third-order valence-corrected chi connectivity index (χ3v) is 4.49. The van der Waals surface area contributed by atoms with E-state index in [-0.39, 0.29) is 23.6 Å². The van der Waals surface area contributed by atoms with Crippen LogP contribution in [0.15, 0.2) is 18.2 Å². The number of nitrogens with two attached hydrogens (primary N) is 1. The van der Waals surface area contributed by atoms with Crippen LogP contribution in [-0.2, 0) is 4.74 Å². The van der Waals surface area contributed by atoms with Crippen molar-refractivity contribution >= 4 is 0 Å². The molecule has 0 radical (unpaired) electrons. The number of hydrogen-bond acceptors (Lipinski definition) is 3. The molecule has 0 saturated carbocycles. The van der Waals surface area contributed by atoms with Crippen LogP contribution < -0.4 is 10.5 Å². The molecule has 1 aromatic carbocycles. The quantitative estimate of drug-likeness (QED) is 0.864. The first-order valence-corrected chi connectivity index (χ1v) is 7.73. The topological polar surface area (TPSA) is 44.5 Å². The molecule has 0 spiro atoms. The fourth-order valence-corrected chi connectivity index (χ4v) is 2.77. The van der Waals surface area contributed by atoms with Gasteiger partial charge < -0.3 is 15.2 Å². The van der Waals surface area contributed by atoms with Gasteiger partial charge in [0.15, 0.2) is 0 Å². The van der Waals surface area contributed by atoms with E-state index >= 15 is 0 Å². The van der Waals surface area contributed by atoms with Crippen LogP contribution in [0.25, 0.3) is 0 Å². The minimum atomic E-state index is -0.252. The molecule has 1 aliphatic heterocycles. The lowest BCUT2D eigenvalue weighted by Gasteiger charge is -2.24. The zero-order chi connectivity index (χ0) is 15.5. The van der Waals surface area contributed by atoms with Crippen molar-refractivity contribution in [1.82, 2.24) is 0 Å². The van der Waals surface area contributed by atoms with Gasteiger partial charge in [-0.2, -0.15) is 0 Å².